The third-order valence-corrected chi connectivity index (χ3v) is 4.26. The molecule has 0 fully saturated rings. The molecule has 0 radical (unpaired) electrons. The zero-order valence-corrected chi connectivity index (χ0v) is 14.4. The number of aromatic nitrogens is 1. The lowest BCUT2D eigenvalue weighted by atomic mass is 9.99. The lowest BCUT2D eigenvalue weighted by Crippen LogP contribution is -2.06. The highest BCUT2D eigenvalue weighted by atomic mass is 35.5. The summed E-state index contributed by atoms with van der Waals surface area (Å²) in [6, 6.07) is 9.85. The number of fused-ring (bicyclic) bond motifs is 1. The maximum absolute atomic E-state index is 14.0. The van der Waals surface area contributed by atoms with Gasteiger partial charge in [0.05, 0.1) is 7.11 Å². The van der Waals surface area contributed by atoms with Crippen molar-refractivity contribution in [2.45, 2.75) is 13.3 Å². The molecule has 1 heterocycles. The number of hydrogen-bond acceptors (Lipinski definition) is 4. The Kier molecular flexibility index (Phi) is 4.59. The first-order valence-electron chi connectivity index (χ1n) is 7.55. The predicted octanol–water partition coefficient (Wildman–Crippen LogP) is 4.42. The van der Waals surface area contributed by atoms with E-state index in [1.807, 2.05) is 6.07 Å². The summed E-state index contributed by atoms with van der Waals surface area (Å²) in [5.74, 6) is -1.29. The molecule has 0 aliphatic rings. The van der Waals surface area contributed by atoms with Gasteiger partial charge in [-0.05, 0) is 36.2 Å². The molecule has 0 aliphatic carbocycles. The first kappa shape index (κ1) is 17.2. The fourth-order valence-corrected chi connectivity index (χ4v) is 2.90. The number of pyridine rings is 1. The fourth-order valence-electron chi connectivity index (χ4n) is 2.74. The van der Waals surface area contributed by atoms with Gasteiger partial charge >= 0.3 is 5.97 Å². The second-order valence-corrected chi connectivity index (χ2v) is 6.11. The third kappa shape index (κ3) is 3.28. The summed E-state index contributed by atoms with van der Waals surface area (Å²) in [6.45, 7) is 1.74. The zero-order chi connectivity index (χ0) is 18.1. The molecule has 4 nitrogen and oxygen atoms in total. The minimum atomic E-state index is -0.699. The van der Waals surface area contributed by atoms with Crippen LogP contribution in [0.3, 0.4) is 0 Å². The quantitative estimate of drug-likeness (QED) is 0.703. The molecule has 6 heteroatoms. The van der Waals surface area contributed by atoms with Crippen LogP contribution in [0.4, 0.5) is 4.39 Å². The number of nitrogens with zero attached hydrogens (tertiary/aromatic N) is 1. The van der Waals surface area contributed by atoms with E-state index in [9.17, 15) is 14.3 Å². The van der Waals surface area contributed by atoms with Crippen molar-refractivity contribution in [1.29, 1.82) is 0 Å². The predicted molar refractivity (Wildman–Crippen MR) is 93.7 cm³/mol. The maximum atomic E-state index is 14.0. The Morgan fingerprint density at radius 2 is 2.00 bits per heavy atom. The molecule has 0 spiro atoms. The van der Waals surface area contributed by atoms with E-state index in [4.69, 9.17) is 11.6 Å². The minimum Gasteiger partial charge on any atom is -0.505 e. The monoisotopic (exact) mass is 359 g/mol. The number of halogens is 2. The van der Waals surface area contributed by atoms with Crippen molar-refractivity contribution in [1.82, 2.24) is 4.98 Å². The van der Waals surface area contributed by atoms with Gasteiger partial charge in [-0.25, -0.2) is 14.2 Å². The molecule has 0 unspecified atom stereocenters. The number of aryl methyl sites for hydroxylation is 1. The molecule has 0 bridgehead atoms. The standard InChI is InChI=1S/C19H15ClFNO3/c1-10-15-8-11(7-12-4-5-13(20)9-16(12)21)3-6-14(15)18(23)17(22-10)19(24)25-2/h3-6,8-9,23H,7H2,1-2H3. The Balaban J connectivity index is 2.06. The van der Waals surface area contributed by atoms with Crippen molar-refractivity contribution in [2.75, 3.05) is 7.11 Å². The van der Waals surface area contributed by atoms with E-state index in [2.05, 4.69) is 9.72 Å². The SMILES string of the molecule is COC(=O)c1nc(C)c2cc(Cc3ccc(Cl)cc3F)ccc2c1O. The molecule has 3 rings (SSSR count). The second kappa shape index (κ2) is 6.69. The number of carbonyl (C=O) groups excluding carboxylic acids is 1. The molecule has 0 saturated heterocycles. The largest absolute Gasteiger partial charge is 0.505 e. The Bertz CT molecular complexity index is 988. The van der Waals surface area contributed by atoms with Crippen LogP contribution in [-0.2, 0) is 11.2 Å². The van der Waals surface area contributed by atoms with Gasteiger partial charge in [0, 0.05) is 27.9 Å². The summed E-state index contributed by atoms with van der Waals surface area (Å²) in [6.07, 6.45) is 0.373. The average molecular weight is 360 g/mol. The Hall–Kier alpha value is -2.66. The van der Waals surface area contributed by atoms with Gasteiger partial charge in [-0.2, -0.15) is 0 Å². The lowest BCUT2D eigenvalue weighted by Gasteiger charge is -2.11. The second-order valence-electron chi connectivity index (χ2n) is 5.68. The van der Waals surface area contributed by atoms with Crippen molar-refractivity contribution in [2.24, 2.45) is 0 Å². The first-order chi connectivity index (χ1) is 11.9. The number of rotatable bonds is 3. The number of carbonyl (C=O) groups is 1. The van der Waals surface area contributed by atoms with Crippen molar-refractivity contribution in [3.8, 4) is 5.75 Å². The van der Waals surface area contributed by atoms with Gasteiger partial charge in [0.25, 0.3) is 0 Å². The van der Waals surface area contributed by atoms with E-state index in [-0.39, 0.29) is 17.3 Å². The van der Waals surface area contributed by atoms with Gasteiger partial charge in [-0.15, -0.1) is 0 Å². The van der Waals surface area contributed by atoms with Gasteiger partial charge in [-0.3, -0.25) is 0 Å². The zero-order valence-electron chi connectivity index (χ0n) is 13.6. The number of hydrogen-bond donors (Lipinski definition) is 1. The molecule has 1 aromatic heterocycles. The molecule has 1 N–H and O–H groups in total. The van der Waals surface area contributed by atoms with Crippen molar-refractivity contribution in [3.63, 3.8) is 0 Å². The smallest absolute Gasteiger partial charge is 0.360 e. The van der Waals surface area contributed by atoms with Crippen LogP contribution in [-0.4, -0.2) is 23.2 Å². The molecule has 2 aromatic carbocycles. The topological polar surface area (TPSA) is 59.4 Å². The third-order valence-electron chi connectivity index (χ3n) is 4.02. The molecular formula is C19H15ClFNO3. The summed E-state index contributed by atoms with van der Waals surface area (Å²) >= 11 is 5.77. The molecule has 25 heavy (non-hydrogen) atoms. The maximum Gasteiger partial charge on any atom is 0.360 e. The van der Waals surface area contributed by atoms with Crippen LogP contribution in [0.15, 0.2) is 36.4 Å². The van der Waals surface area contributed by atoms with Crippen molar-refractivity contribution < 1.29 is 19.0 Å². The van der Waals surface area contributed by atoms with Crippen molar-refractivity contribution in [3.05, 3.63) is 69.8 Å². The molecule has 0 aliphatic heterocycles. The summed E-state index contributed by atoms with van der Waals surface area (Å²) in [5.41, 5.74) is 1.82. The van der Waals surface area contributed by atoms with Crippen LogP contribution >= 0.6 is 11.6 Å². The summed E-state index contributed by atoms with van der Waals surface area (Å²) in [7, 11) is 1.23. The highest BCUT2D eigenvalue weighted by molar-refractivity contribution is 6.30. The van der Waals surface area contributed by atoms with Crippen LogP contribution in [0, 0.1) is 12.7 Å². The first-order valence-corrected chi connectivity index (χ1v) is 7.93. The normalized spacial score (nSPS) is 10.9. The number of benzene rings is 2. The van der Waals surface area contributed by atoms with E-state index < -0.39 is 5.97 Å². The Labute approximate surface area is 148 Å². The highest BCUT2D eigenvalue weighted by Crippen LogP contribution is 2.31. The van der Waals surface area contributed by atoms with Crippen LogP contribution in [0.25, 0.3) is 10.8 Å². The molecule has 0 amide bonds. The van der Waals surface area contributed by atoms with Gasteiger partial charge < -0.3 is 9.84 Å². The Morgan fingerprint density at radius 3 is 2.68 bits per heavy atom. The van der Waals surface area contributed by atoms with Crippen LogP contribution in [0.1, 0.15) is 27.3 Å². The van der Waals surface area contributed by atoms with Gasteiger partial charge in [0.2, 0.25) is 0 Å². The summed E-state index contributed by atoms with van der Waals surface area (Å²) in [5, 5.41) is 11.8. The minimum absolute atomic E-state index is 0.121. The van der Waals surface area contributed by atoms with E-state index in [0.717, 1.165) is 5.56 Å². The summed E-state index contributed by atoms with van der Waals surface area (Å²) < 4.78 is 18.6. The molecule has 0 atom stereocenters. The van der Waals surface area contributed by atoms with E-state index in [0.29, 0.717) is 33.5 Å². The molecule has 128 valence electrons. The van der Waals surface area contributed by atoms with E-state index in [1.165, 1.54) is 13.2 Å². The number of esters is 1. The van der Waals surface area contributed by atoms with E-state index in [1.54, 1.807) is 31.2 Å². The molecular weight excluding hydrogens is 345 g/mol. The average Bonchev–Trinajstić information content (AvgIpc) is 2.60. The van der Waals surface area contributed by atoms with Crippen molar-refractivity contribution >= 4 is 28.3 Å². The summed E-state index contributed by atoms with van der Waals surface area (Å²) in [4.78, 5) is 15.8. The highest BCUT2D eigenvalue weighted by Gasteiger charge is 2.18. The molecule has 0 saturated carbocycles. The number of ether oxygens (including phenoxy) is 1. The number of aromatic hydroxyl groups is 1. The Morgan fingerprint density at radius 1 is 1.24 bits per heavy atom. The van der Waals surface area contributed by atoms with E-state index >= 15 is 0 Å². The van der Waals surface area contributed by atoms with Crippen LogP contribution in [0.2, 0.25) is 5.02 Å². The van der Waals surface area contributed by atoms with Gasteiger partial charge in [-0.1, -0.05) is 29.8 Å². The van der Waals surface area contributed by atoms with Crippen LogP contribution < -0.4 is 0 Å². The lowest BCUT2D eigenvalue weighted by molar-refractivity contribution is 0.0590. The van der Waals surface area contributed by atoms with Gasteiger partial charge in [0.1, 0.15) is 5.82 Å². The van der Waals surface area contributed by atoms with Gasteiger partial charge in [0.15, 0.2) is 11.4 Å². The fraction of sp³-hybridized carbons (Fsp3) is 0.158. The number of methoxy groups -OCH3 is 1. The molecule has 3 aromatic rings. The van der Waals surface area contributed by atoms with Crippen LogP contribution in [0.5, 0.6) is 5.75 Å².